The van der Waals surface area contributed by atoms with Gasteiger partial charge in [-0.15, -0.1) is 11.3 Å². The summed E-state index contributed by atoms with van der Waals surface area (Å²) in [4.78, 5) is 24.5. The van der Waals surface area contributed by atoms with Crippen LogP contribution in [0.15, 0.2) is 11.6 Å². The highest BCUT2D eigenvalue weighted by Crippen LogP contribution is 2.30. The fourth-order valence-corrected chi connectivity index (χ4v) is 3.54. The van der Waals surface area contributed by atoms with Gasteiger partial charge in [-0.2, -0.15) is 5.10 Å². The van der Waals surface area contributed by atoms with Gasteiger partial charge < -0.3 is 10.4 Å². The molecule has 0 spiro atoms. The highest BCUT2D eigenvalue weighted by Gasteiger charge is 2.22. The first-order valence-electron chi connectivity index (χ1n) is 6.34. The van der Waals surface area contributed by atoms with Crippen LogP contribution in [0, 0.1) is 0 Å². The molecule has 1 amide bonds. The minimum absolute atomic E-state index is 0.109. The molecule has 20 heavy (non-hydrogen) atoms. The maximum atomic E-state index is 12.3. The molecule has 2 aromatic rings. The second kappa shape index (κ2) is 5.09. The van der Waals surface area contributed by atoms with E-state index in [1.54, 1.807) is 11.3 Å². The predicted octanol–water partition coefficient (Wildman–Crippen LogP) is 2.30. The lowest BCUT2D eigenvalue weighted by Crippen LogP contribution is -2.16. The second-order valence-electron chi connectivity index (χ2n) is 4.68. The molecule has 7 heteroatoms. The van der Waals surface area contributed by atoms with Crippen LogP contribution in [0.1, 0.15) is 44.1 Å². The quantitative estimate of drug-likeness (QED) is 0.808. The Morgan fingerprint density at radius 2 is 2.15 bits per heavy atom. The minimum atomic E-state index is -1.15. The summed E-state index contributed by atoms with van der Waals surface area (Å²) in [7, 11) is 0. The van der Waals surface area contributed by atoms with E-state index in [2.05, 4.69) is 15.5 Å². The number of aromatic amines is 1. The van der Waals surface area contributed by atoms with E-state index < -0.39 is 5.97 Å². The van der Waals surface area contributed by atoms with Crippen LogP contribution >= 0.6 is 11.3 Å². The molecule has 0 saturated carbocycles. The fourth-order valence-electron chi connectivity index (χ4n) is 2.42. The summed E-state index contributed by atoms with van der Waals surface area (Å²) in [5, 5.41) is 19.4. The Morgan fingerprint density at radius 3 is 2.95 bits per heavy atom. The van der Waals surface area contributed by atoms with Crippen LogP contribution in [0.4, 0.5) is 5.69 Å². The van der Waals surface area contributed by atoms with Crippen LogP contribution in [0.25, 0.3) is 0 Å². The van der Waals surface area contributed by atoms with Crippen molar-refractivity contribution in [2.45, 2.75) is 25.7 Å². The zero-order valence-corrected chi connectivity index (χ0v) is 11.4. The Hall–Kier alpha value is -2.15. The van der Waals surface area contributed by atoms with Crippen molar-refractivity contribution < 1.29 is 14.7 Å². The van der Waals surface area contributed by atoms with E-state index in [1.807, 2.05) is 5.38 Å². The molecule has 0 saturated heterocycles. The van der Waals surface area contributed by atoms with E-state index in [4.69, 9.17) is 5.11 Å². The normalized spacial score (nSPS) is 13.8. The monoisotopic (exact) mass is 291 g/mol. The third-order valence-electron chi connectivity index (χ3n) is 3.41. The van der Waals surface area contributed by atoms with Gasteiger partial charge in [0.1, 0.15) is 0 Å². The summed E-state index contributed by atoms with van der Waals surface area (Å²) in [6.07, 6.45) is 5.51. The molecule has 3 rings (SSSR count). The van der Waals surface area contributed by atoms with Crippen LogP contribution in [-0.2, 0) is 12.8 Å². The largest absolute Gasteiger partial charge is 0.476 e. The Bertz CT molecular complexity index is 674. The van der Waals surface area contributed by atoms with Gasteiger partial charge in [-0.05, 0) is 31.2 Å². The van der Waals surface area contributed by atoms with Crippen molar-refractivity contribution >= 4 is 28.9 Å². The molecule has 1 aliphatic rings. The number of H-pyrrole nitrogens is 1. The molecule has 2 aromatic heterocycles. The number of nitrogens with zero attached hydrogens (tertiary/aromatic N) is 1. The van der Waals surface area contributed by atoms with Crippen molar-refractivity contribution in [3.05, 3.63) is 33.3 Å². The van der Waals surface area contributed by atoms with Crippen molar-refractivity contribution in [1.82, 2.24) is 10.2 Å². The number of carbonyl (C=O) groups is 2. The Balaban J connectivity index is 1.85. The van der Waals surface area contributed by atoms with Gasteiger partial charge in [-0.1, -0.05) is 0 Å². The Labute approximate surface area is 118 Å². The Kier molecular flexibility index (Phi) is 3.27. The number of amides is 1. The van der Waals surface area contributed by atoms with Gasteiger partial charge in [-0.25, -0.2) is 4.79 Å². The number of carboxylic acids is 1. The topological polar surface area (TPSA) is 95.1 Å². The number of aromatic carboxylic acids is 1. The van der Waals surface area contributed by atoms with Gasteiger partial charge in [0.05, 0.1) is 17.4 Å². The number of rotatable bonds is 3. The number of aromatic nitrogens is 2. The molecule has 0 aliphatic heterocycles. The van der Waals surface area contributed by atoms with Crippen molar-refractivity contribution in [2.24, 2.45) is 0 Å². The van der Waals surface area contributed by atoms with Gasteiger partial charge in [0.2, 0.25) is 0 Å². The molecular formula is C13H13N3O3S. The SMILES string of the molecule is O=C(Nc1cn[nH]c1C(=O)O)c1csc2c1CCCC2. The third kappa shape index (κ3) is 2.20. The summed E-state index contributed by atoms with van der Waals surface area (Å²) >= 11 is 1.60. The molecule has 1 aliphatic carbocycles. The number of thiophene rings is 1. The number of carbonyl (C=O) groups excluding carboxylic acids is 1. The average Bonchev–Trinajstić information content (AvgIpc) is 3.04. The lowest BCUT2D eigenvalue weighted by atomic mass is 9.95. The average molecular weight is 291 g/mol. The van der Waals surface area contributed by atoms with Gasteiger partial charge in [0.25, 0.3) is 5.91 Å². The number of anilines is 1. The van der Waals surface area contributed by atoms with Gasteiger partial charge in [0.15, 0.2) is 5.69 Å². The lowest BCUT2D eigenvalue weighted by molar-refractivity contribution is 0.0691. The van der Waals surface area contributed by atoms with Crippen molar-refractivity contribution in [3.63, 3.8) is 0 Å². The zero-order valence-electron chi connectivity index (χ0n) is 10.6. The van der Waals surface area contributed by atoms with Crippen LogP contribution in [0.3, 0.4) is 0 Å². The number of hydrogen-bond donors (Lipinski definition) is 3. The maximum Gasteiger partial charge on any atom is 0.356 e. The molecule has 0 atom stereocenters. The van der Waals surface area contributed by atoms with Gasteiger partial charge in [-0.3, -0.25) is 9.89 Å². The summed E-state index contributed by atoms with van der Waals surface area (Å²) in [6, 6.07) is 0. The summed E-state index contributed by atoms with van der Waals surface area (Å²) in [5.41, 5.74) is 1.85. The molecular weight excluding hydrogens is 278 g/mol. The van der Waals surface area contributed by atoms with E-state index in [0.29, 0.717) is 5.56 Å². The van der Waals surface area contributed by atoms with Crippen LogP contribution in [0.2, 0.25) is 0 Å². The molecule has 3 N–H and O–H groups in total. The predicted molar refractivity (Wildman–Crippen MR) is 74.5 cm³/mol. The lowest BCUT2D eigenvalue weighted by Gasteiger charge is -2.12. The van der Waals surface area contributed by atoms with Crippen LogP contribution in [-0.4, -0.2) is 27.2 Å². The number of fused-ring (bicyclic) bond motifs is 1. The number of nitrogens with one attached hydrogen (secondary N) is 2. The highest BCUT2D eigenvalue weighted by atomic mass is 32.1. The first-order valence-corrected chi connectivity index (χ1v) is 7.22. The van der Waals surface area contributed by atoms with E-state index >= 15 is 0 Å². The maximum absolute atomic E-state index is 12.3. The zero-order chi connectivity index (χ0) is 14.1. The summed E-state index contributed by atoms with van der Waals surface area (Å²) < 4.78 is 0. The van der Waals surface area contributed by atoms with E-state index in [1.165, 1.54) is 17.5 Å². The van der Waals surface area contributed by atoms with Crippen LogP contribution in [0.5, 0.6) is 0 Å². The molecule has 0 fully saturated rings. The van der Waals surface area contributed by atoms with Crippen molar-refractivity contribution in [3.8, 4) is 0 Å². The molecule has 104 valence electrons. The smallest absolute Gasteiger partial charge is 0.356 e. The first-order chi connectivity index (χ1) is 9.66. The van der Waals surface area contributed by atoms with Crippen molar-refractivity contribution in [1.29, 1.82) is 0 Å². The molecule has 0 radical (unpaired) electrons. The summed E-state index contributed by atoms with van der Waals surface area (Å²) in [6.45, 7) is 0. The molecule has 2 heterocycles. The molecule has 0 bridgehead atoms. The van der Waals surface area contributed by atoms with Crippen molar-refractivity contribution in [2.75, 3.05) is 5.32 Å². The second-order valence-corrected chi connectivity index (χ2v) is 5.64. The standard InChI is InChI=1S/C13H13N3O3S/c17-12(15-9-5-14-16-11(9)13(18)19)8-6-20-10-4-2-1-3-7(8)10/h5-6H,1-4H2,(H,14,16)(H,15,17)(H,18,19). The van der Waals surface area contributed by atoms with Crippen LogP contribution < -0.4 is 5.32 Å². The van der Waals surface area contributed by atoms with E-state index in [9.17, 15) is 9.59 Å². The summed E-state index contributed by atoms with van der Waals surface area (Å²) in [5.74, 6) is -1.42. The van der Waals surface area contributed by atoms with E-state index in [-0.39, 0.29) is 17.3 Å². The van der Waals surface area contributed by atoms with Gasteiger partial charge in [0, 0.05) is 10.3 Å². The first kappa shape index (κ1) is 12.9. The highest BCUT2D eigenvalue weighted by molar-refractivity contribution is 7.10. The number of carboxylic acid groups (broad SMARTS) is 1. The molecule has 6 nitrogen and oxygen atoms in total. The minimum Gasteiger partial charge on any atom is -0.476 e. The number of aryl methyl sites for hydroxylation is 1. The van der Waals surface area contributed by atoms with E-state index in [0.717, 1.165) is 24.8 Å². The molecule has 0 aromatic carbocycles. The fraction of sp³-hybridized carbons (Fsp3) is 0.308. The molecule has 0 unspecified atom stereocenters. The number of hydrogen-bond acceptors (Lipinski definition) is 4. The van der Waals surface area contributed by atoms with Gasteiger partial charge >= 0.3 is 5.97 Å². The Morgan fingerprint density at radius 1 is 1.35 bits per heavy atom. The third-order valence-corrected chi connectivity index (χ3v) is 4.50.